The van der Waals surface area contributed by atoms with Crippen LogP contribution in [-0.2, 0) is 29.3 Å². The maximum absolute atomic E-state index is 12.7. The molecule has 1 aliphatic rings. The Kier molecular flexibility index (Phi) is 8.79. The fourth-order valence-corrected chi connectivity index (χ4v) is 4.15. The number of hydrogen-bond donors (Lipinski definition) is 1. The Morgan fingerprint density at radius 3 is 2.05 bits per heavy atom. The highest BCUT2D eigenvalue weighted by atomic mass is 35.5. The SMILES string of the molecule is CC(C)(C)OC(=O)N1CC(C(=O)NCc2ccc(OCc3ccccc3)c(OCc3ccccc3)c2Cl)C1. The summed E-state index contributed by atoms with van der Waals surface area (Å²) in [6, 6.07) is 23.3. The van der Waals surface area contributed by atoms with Gasteiger partial charge in [0, 0.05) is 19.6 Å². The van der Waals surface area contributed by atoms with Crippen molar-refractivity contribution in [3.8, 4) is 11.5 Å². The number of carbonyl (C=O) groups excluding carboxylic acids is 2. The lowest BCUT2D eigenvalue weighted by molar-refractivity contribution is -0.129. The molecule has 38 heavy (non-hydrogen) atoms. The van der Waals surface area contributed by atoms with Crippen LogP contribution in [0.25, 0.3) is 0 Å². The number of halogens is 1. The number of nitrogens with one attached hydrogen (secondary N) is 1. The third-order valence-corrected chi connectivity index (χ3v) is 6.38. The van der Waals surface area contributed by atoms with Gasteiger partial charge in [0.1, 0.15) is 18.8 Å². The minimum Gasteiger partial charge on any atom is -0.485 e. The van der Waals surface area contributed by atoms with Gasteiger partial charge in [-0.25, -0.2) is 4.79 Å². The zero-order valence-electron chi connectivity index (χ0n) is 21.9. The van der Waals surface area contributed by atoms with Crippen LogP contribution >= 0.6 is 11.6 Å². The molecule has 3 aromatic rings. The summed E-state index contributed by atoms with van der Waals surface area (Å²) in [6.07, 6.45) is -0.407. The number of benzene rings is 3. The normalized spacial score (nSPS) is 13.4. The lowest BCUT2D eigenvalue weighted by atomic mass is 10.00. The number of hydrogen-bond acceptors (Lipinski definition) is 5. The second-order valence-electron chi connectivity index (χ2n) is 10.2. The Labute approximate surface area is 228 Å². The Hall–Kier alpha value is -3.71. The van der Waals surface area contributed by atoms with Crippen LogP contribution in [0.5, 0.6) is 11.5 Å². The summed E-state index contributed by atoms with van der Waals surface area (Å²) in [5, 5.41) is 3.31. The van der Waals surface area contributed by atoms with E-state index < -0.39 is 11.7 Å². The van der Waals surface area contributed by atoms with Gasteiger partial charge in [-0.2, -0.15) is 0 Å². The smallest absolute Gasteiger partial charge is 0.410 e. The maximum atomic E-state index is 12.7. The molecule has 1 N–H and O–H groups in total. The molecule has 1 fully saturated rings. The third-order valence-electron chi connectivity index (χ3n) is 5.96. The molecule has 1 heterocycles. The van der Waals surface area contributed by atoms with Gasteiger partial charge in [0.2, 0.25) is 5.91 Å². The summed E-state index contributed by atoms with van der Waals surface area (Å²) in [6.45, 7) is 7.00. The van der Waals surface area contributed by atoms with Crippen molar-refractivity contribution in [1.29, 1.82) is 0 Å². The Bertz CT molecular complexity index is 1240. The second-order valence-corrected chi connectivity index (χ2v) is 10.6. The van der Waals surface area contributed by atoms with Crippen LogP contribution in [0.3, 0.4) is 0 Å². The number of amides is 2. The van der Waals surface area contributed by atoms with Crippen molar-refractivity contribution in [1.82, 2.24) is 10.2 Å². The van der Waals surface area contributed by atoms with Crippen LogP contribution in [-0.4, -0.2) is 35.6 Å². The average Bonchev–Trinajstić information content (AvgIpc) is 2.85. The van der Waals surface area contributed by atoms with Crippen molar-refractivity contribution in [2.24, 2.45) is 5.92 Å². The molecule has 0 unspecified atom stereocenters. The Morgan fingerprint density at radius 2 is 1.47 bits per heavy atom. The number of nitrogens with zero attached hydrogens (tertiary/aromatic N) is 1. The number of rotatable bonds is 9. The predicted molar refractivity (Wildman–Crippen MR) is 146 cm³/mol. The molecule has 4 rings (SSSR count). The minimum absolute atomic E-state index is 0.142. The molecule has 0 atom stereocenters. The first-order valence-corrected chi connectivity index (χ1v) is 13.0. The molecule has 1 saturated heterocycles. The molecule has 0 aliphatic carbocycles. The highest BCUT2D eigenvalue weighted by molar-refractivity contribution is 6.33. The first-order chi connectivity index (χ1) is 18.2. The number of likely N-dealkylation sites (tertiary alicyclic amines) is 1. The van der Waals surface area contributed by atoms with E-state index >= 15 is 0 Å². The van der Waals surface area contributed by atoms with E-state index in [2.05, 4.69) is 5.32 Å². The monoisotopic (exact) mass is 536 g/mol. The molecule has 8 heteroatoms. The molecule has 0 radical (unpaired) electrons. The highest BCUT2D eigenvalue weighted by Gasteiger charge is 2.37. The summed E-state index contributed by atoms with van der Waals surface area (Å²) < 4.78 is 17.5. The van der Waals surface area contributed by atoms with E-state index in [1.165, 1.54) is 4.90 Å². The van der Waals surface area contributed by atoms with Gasteiger partial charge >= 0.3 is 6.09 Å². The van der Waals surface area contributed by atoms with E-state index in [1.54, 1.807) is 0 Å². The van der Waals surface area contributed by atoms with Gasteiger partial charge in [-0.05, 0) is 43.5 Å². The number of carbonyl (C=O) groups is 2. The zero-order valence-corrected chi connectivity index (χ0v) is 22.7. The Balaban J connectivity index is 1.40. The molecule has 7 nitrogen and oxygen atoms in total. The van der Waals surface area contributed by atoms with Crippen LogP contribution in [0.1, 0.15) is 37.5 Å². The standard InChI is InChI=1S/C30H33ClN2O5/c1-30(2,3)38-29(35)33-17-24(18-33)28(34)32-16-23-14-15-25(36-19-21-10-6-4-7-11-21)27(26(23)31)37-20-22-12-8-5-9-13-22/h4-15,24H,16-20H2,1-3H3,(H,32,34). The van der Waals surface area contributed by atoms with E-state index in [-0.39, 0.29) is 18.4 Å². The van der Waals surface area contributed by atoms with Crippen molar-refractivity contribution in [2.75, 3.05) is 13.1 Å². The van der Waals surface area contributed by atoms with Crippen molar-refractivity contribution in [3.63, 3.8) is 0 Å². The Morgan fingerprint density at radius 1 is 0.895 bits per heavy atom. The van der Waals surface area contributed by atoms with E-state index in [0.717, 1.165) is 11.1 Å². The first-order valence-electron chi connectivity index (χ1n) is 12.6. The summed E-state index contributed by atoms with van der Waals surface area (Å²) in [5.74, 6) is 0.524. The molecular formula is C30H33ClN2O5. The van der Waals surface area contributed by atoms with E-state index in [1.807, 2.05) is 93.6 Å². The van der Waals surface area contributed by atoms with Gasteiger partial charge in [-0.3, -0.25) is 4.79 Å². The predicted octanol–water partition coefficient (Wildman–Crippen LogP) is 5.98. The average molecular weight is 537 g/mol. The van der Waals surface area contributed by atoms with Crippen LogP contribution < -0.4 is 14.8 Å². The minimum atomic E-state index is -0.571. The van der Waals surface area contributed by atoms with E-state index in [4.69, 9.17) is 25.8 Å². The lowest BCUT2D eigenvalue weighted by Crippen LogP contribution is -2.56. The van der Waals surface area contributed by atoms with Gasteiger partial charge in [0.25, 0.3) is 0 Å². The van der Waals surface area contributed by atoms with E-state index in [9.17, 15) is 9.59 Å². The van der Waals surface area contributed by atoms with Crippen molar-refractivity contribution < 1.29 is 23.8 Å². The van der Waals surface area contributed by atoms with Gasteiger partial charge < -0.3 is 24.4 Å². The summed E-state index contributed by atoms with van der Waals surface area (Å²) >= 11 is 6.77. The van der Waals surface area contributed by atoms with E-state index in [0.29, 0.717) is 48.4 Å². The molecular weight excluding hydrogens is 504 g/mol. The van der Waals surface area contributed by atoms with Crippen molar-refractivity contribution in [2.45, 2.75) is 46.1 Å². The highest BCUT2D eigenvalue weighted by Crippen LogP contribution is 2.39. The largest absolute Gasteiger partial charge is 0.485 e. The maximum Gasteiger partial charge on any atom is 0.410 e. The molecule has 2 amide bonds. The van der Waals surface area contributed by atoms with Crippen LogP contribution in [0.15, 0.2) is 72.8 Å². The molecule has 200 valence electrons. The molecule has 0 spiro atoms. The quantitative estimate of drug-likeness (QED) is 0.364. The molecule has 0 aromatic heterocycles. The van der Waals surface area contributed by atoms with Crippen molar-refractivity contribution >= 4 is 23.6 Å². The van der Waals surface area contributed by atoms with Gasteiger partial charge in [-0.15, -0.1) is 0 Å². The first kappa shape index (κ1) is 27.3. The third kappa shape index (κ3) is 7.42. The molecule has 1 aliphatic heterocycles. The summed E-state index contributed by atoms with van der Waals surface area (Å²) in [7, 11) is 0. The van der Waals surface area contributed by atoms with Crippen molar-refractivity contribution in [3.05, 3.63) is 94.5 Å². The topological polar surface area (TPSA) is 77.1 Å². The summed E-state index contributed by atoms with van der Waals surface area (Å²) in [5.41, 5.74) is 2.16. The van der Waals surface area contributed by atoms with Crippen LogP contribution in [0, 0.1) is 5.92 Å². The zero-order chi connectivity index (χ0) is 27.1. The lowest BCUT2D eigenvalue weighted by Gasteiger charge is -2.38. The molecule has 0 saturated carbocycles. The fourth-order valence-electron chi connectivity index (χ4n) is 3.88. The second kappa shape index (κ2) is 12.2. The van der Waals surface area contributed by atoms with Crippen LogP contribution in [0.4, 0.5) is 4.79 Å². The van der Waals surface area contributed by atoms with Gasteiger partial charge in [-0.1, -0.05) is 78.3 Å². The van der Waals surface area contributed by atoms with Gasteiger partial charge in [0.05, 0.1) is 10.9 Å². The van der Waals surface area contributed by atoms with Crippen LogP contribution in [0.2, 0.25) is 5.02 Å². The van der Waals surface area contributed by atoms with Gasteiger partial charge in [0.15, 0.2) is 11.5 Å². The molecule has 0 bridgehead atoms. The number of ether oxygens (including phenoxy) is 3. The fraction of sp³-hybridized carbons (Fsp3) is 0.333. The summed E-state index contributed by atoms with van der Waals surface area (Å²) in [4.78, 5) is 26.4. The molecule has 3 aromatic carbocycles.